The summed E-state index contributed by atoms with van der Waals surface area (Å²) in [6.07, 6.45) is 4.62. The van der Waals surface area contributed by atoms with Crippen molar-refractivity contribution in [1.29, 1.82) is 0 Å². The zero-order chi connectivity index (χ0) is 14.5. The van der Waals surface area contributed by atoms with E-state index < -0.39 is 6.10 Å². The molecule has 0 amide bonds. The minimum atomic E-state index is -0.461. The zero-order valence-electron chi connectivity index (χ0n) is 12.7. The molecule has 0 heterocycles. The molecule has 1 fully saturated rings. The maximum atomic E-state index is 10.00. The molecule has 2 aromatic carbocycles. The lowest BCUT2D eigenvalue weighted by Crippen LogP contribution is -2.36. The molecule has 3 rings (SSSR count). The summed E-state index contributed by atoms with van der Waals surface area (Å²) in [6, 6.07) is 14.8. The molecule has 1 saturated carbocycles. The SMILES string of the molecule is Cl.OC(CNC1CCCC1)COc1ccc2ccccc2c1. The van der Waals surface area contributed by atoms with Crippen LogP contribution in [0.15, 0.2) is 42.5 Å². The fourth-order valence-electron chi connectivity index (χ4n) is 2.94. The Bertz CT molecular complexity index is 584. The molecule has 0 aromatic heterocycles. The number of fused-ring (bicyclic) bond motifs is 1. The maximum Gasteiger partial charge on any atom is 0.120 e. The van der Waals surface area contributed by atoms with Crippen LogP contribution in [-0.2, 0) is 0 Å². The number of aliphatic hydroxyl groups is 1. The van der Waals surface area contributed by atoms with Crippen molar-refractivity contribution in [3.8, 4) is 5.75 Å². The molecule has 1 aliphatic rings. The molecule has 1 aliphatic carbocycles. The van der Waals surface area contributed by atoms with Crippen LogP contribution in [0, 0.1) is 0 Å². The van der Waals surface area contributed by atoms with Crippen molar-refractivity contribution in [1.82, 2.24) is 5.32 Å². The van der Waals surface area contributed by atoms with E-state index in [4.69, 9.17) is 4.74 Å². The van der Waals surface area contributed by atoms with Crippen LogP contribution < -0.4 is 10.1 Å². The van der Waals surface area contributed by atoms with Crippen molar-refractivity contribution in [2.24, 2.45) is 0 Å². The van der Waals surface area contributed by atoms with Crippen LogP contribution in [0.1, 0.15) is 25.7 Å². The van der Waals surface area contributed by atoms with E-state index in [1.165, 1.54) is 31.1 Å². The summed E-state index contributed by atoms with van der Waals surface area (Å²) in [4.78, 5) is 0. The molecule has 4 heteroatoms. The van der Waals surface area contributed by atoms with Crippen LogP contribution in [0.2, 0.25) is 0 Å². The first-order chi connectivity index (χ1) is 10.3. The lowest BCUT2D eigenvalue weighted by atomic mass is 10.1. The number of ether oxygens (including phenoxy) is 1. The third kappa shape index (κ3) is 4.60. The van der Waals surface area contributed by atoms with E-state index in [1.54, 1.807) is 0 Å². The molecule has 0 saturated heterocycles. The number of halogens is 1. The fraction of sp³-hybridized carbons (Fsp3) is 0.444. The number of nitrogens with one attached hydrogen (secondary N) is 1. The Hall–Kier alpha value is -1.29. The summed E-state index contributed by atoms with van der Waals surface area (Å²) in [5.74, 6) is 0.814. The monoisotopic (exact) mass is 321 g/mol. The second kappa shape index (κ2) is 8.37. The van der Waals surface area contributed by atoms with Crippen LogP contribution in [0.3, 0.4) is 0 Å². The van der Waals surface area contributed by atoms with Gasteiger partial charge < -0.3 is 15.2 Å². The summed E-state index contributed by atoms with van der Waals surface area (Å²) < 4.78 is 5.70. The lowest BCUT2D eigenvalue weighted by molar-refractivity contribution is 0.104. The third-order valence-corrected chi connectivity index (χ3v) is 4.16. The van der Waals surface area contributed by atoms with Gasteiger partial charge in [0.1, 0.15) is 18.5 Å². The highest BCUT2D eigenvalue weighted by molar-refractivity contribution is 5.85. The van der Waals surface area contributed by atoms with Crippen molar-refractivity contribution in [3.05, 3.63) is 42.5 Å². The Labute approximate surface area is 138 Å². The van der Waals surface area contributed by atoms with E-state index in [9.17, 15) is 5.11 Å². The van der Waals surface area contributed by atoms with Crippen LogP contribution >= 0.6 is 12.4 Å². The minimum absolute atomic E-state index is 0. The van der Waals surface area contributed by atoms with Gasteiger partial charge in [0.05, 0.1) is 0 Å². The first-order valence-electron chi connectivity index (χ1n) is 7.84. The van der Waals surface area contributed by atoms with E-state index in [0.29, 0.717) is 19.2 Å². The highest BCUT2D eigenvalue weighted by atomic mass is 35.5. The van der Waals surface area contributed by atoms with E-state index >= 15 is 0 Å². The summed E-state index contributed by atoms with van der Waals surface area (Å²) in [6.45, 7) is 0.941. The number of benzene rings is 2. The Morgan fingerprint density at radius 1 is 1.09 bits per heavy atom. The van der Waals surface area contributed by atoms with Gasteiger partial charge in [0.15, 0.2) is 0 Å². The van der Waals surface area contributed by atoms with Gasteiger partial charge in [-0.1, -0.05) is 43.2 Å². The average molecular weight is 322 g/mol. The van der Waals surface area contributed by atoms with Gasteiger partial charge in [-0.3, -0.25) is 0 Å². The number of rotatable bonds is 6. The molecule has 1 unspecified atom stereocenters. The van der Waals surface area contributed by atoms with Crippen molar-refractivity contribution < 1.29 is 9.84 Å². The van der Waals surface area contributed by atoms with Crippen LogP contribution in [0.5, 0.6) is 5.75 Å². The first kappa shape index (κ1) is 17.1. The minimum Gasteiger partial charge on any atom is -0.491 e. The van der Waals surface area contributed by atoms with E-state index in [1.807, 2.05) is 30.3 Å². The Morgan fingerprint density at radius 3 is 2.59 bits per heavy atom. The fourth-order valence-corrected chi connectivity index (χ4v) is 2.94. The number of hydrogen-bond acceptors (Lipinski definition) is 3. The second-order valence-electron chi connectivity index (χ2n) is 5.86. The van der Waals surface area contributed by atoms with Crippen molar-refractivity contribution >= 4 is 23.2 Å². The predicted octanol–water partition coefficient (Wildman–Crippen LogP) is 3.53. The smallest absolute Gasteiger partial charge is 0.120 e. The highest BCUT2D eigenvalue weighted by Crippen LogP contribution is 2.21. The molecule has 2 aromatic rings. The molecule has 2 N–H and O–H groups in total. The summed E-state index contributed by atoms with van der Waals surface area (Å²) in [5, 5.41) is 15.8. The van der Waals surface area contributed by atoms with E-state index in [0.717, 1.165) is 11.1 Å². The van der Waals surface area contributed by atoms with E-state index in [2.05, 4.69) is 17.4 Å². The Kier molecular flexibility index (Phi) is 6.49. The van der Waals surface area contributed by atoms with Crippen LogP contribution in [-0.4, -0.2) is 30.4 Å². The van der Waals surface area contributed by atoms with Crippen molar-refractivity contribution in [2.75, 3.05) is 13.2 Å². The van der Waals surface area contributed by atoms with Gasteiger partial charge in [-0.25, -0.2) is 0 Å². The first-order valence-corrected chi connectivity index (χ1v) is 7.84. The molecular weight excluding hydrogens is 298 g/mol. The van der Waals surface area contributed by atoms with E-state index in [-0.39, 0.29) is 12.4 Å². The van der Waals surface area contributed by atoms with Gasteiger partial charge in [-0.15, -0.1) is 12.4 Å². The van der Waals surface area contributed by atoms with Gasteiger partial charge in [-0.2, -0.15) is 0 Å². The van der Waals surface area contributed by atoms with Gasteiger partial charge in [0, 0.05) is 12.6 Å². The van der Waals surface area contributed by atoms with Gasteiger partial charge in [0.2, 0.25) is 0 Å². The molecule has 0 radical (unpaired) electrons. The van der Waals surface area contributed by atoms with Crippen molar-refractivity contribution in [3.63, 3.8) is 0 Å². The van der Waals surface area contributed by atoms with Crippen molar-refractivity contribution in [2.45, 2.75) is 37.8 Å². The summed E-state index contributed by atoms with van der Waals surface area (Å²) >= 11 is 0. The molecule has 3 nitrogen and oxygen atoms in total. The molecule has 0 aliphatic heterocycles. The maximum absolute atomic E-state index is 10.00. The predicted molar refractivity (Wildman–Crippen MR) is 93.0 cm³/mol. The highest BCUT2D eigenvalue weighted by Gasteiger charge is 2.15. The van der Waals surface area contributed by atoms with Crippen LogP contribution in [0.4, 0.5) is 0 Å². The largest absolute Gasteiger partial charge is 0.491 e. The lowest BCUT2D eigenvalue weighted by Gasteiger charge is -2.16. The Balaban J connectivity index is 0.00000176. The number of aliphatic hydroxyl groups excluding tert-OH is 1. The third-order valence-electron chi connectivity index (χ3n) is 4.16. The second-order valence-corrected chi connectivity index (χ2v) is 5.86. The summed E-state index contributed by atoms with van der Waals surface area (Å²) in [5.41, 5.74) is 0. The molecule has 1 atom stereocenters. The van der Waals surface area contributed by atoms with Gasteiger partial charge in [0.25, 0.3) is 0 Å². The molecule has 0 spiro atoms. The molecule has 120 valence electrons. The van der Waals surface area contributed by atoms with Gasteiger partial charge in [-0.05, 0) is 35.7 Å². The molecule has 0 bridgehead atoms. The Morgan fingerprint density at radius 2 is 1.82 bits per heavy atom. The quantitative estimate of drug-likeness (QED) is 0.855. The topological polar surface area (TPSA) is 41.5 Å². The molecule has 22 heavy (non-hydrogen) atoms. The normalized spacial score (nSPS) is 16.4. The summed E-state index contributed by atoms with van der Waals surface area (Å²) in [7, 11) is 0. The standard InChI is InChI=1S/C18H23NO2.ClH/c20-17(12-19-16-7-3-4-8-16)13-21-18-10-9-14-5-1-2-6-15(14)11-18;/h1-2,5-6,9-11,16-17,19-20H,3-4,7-8,12-13H2;1H. The average Bonchev–Trinajstić information content (AvgIpc) is 3.04. The molecular formula is C18H24ClNO2. The zero-order valence-corrected chi connectivity index (χ0v) is 13.5. The van der Waals surface area contributed by atoms with Gasteiger partial charge >= 0.3 is 0 Å². The number of hydrogen-bond donors (Lipinski definition) is 2. The van der Waals surface area contributed by atoms with Crippen LogP contribution in [0.25, 0.3) is 10.8 Å².